The van der Waals surface area contributed by atoms with Gasteiger partial charge in [0.05, 0.1) is 13.2 Å². The van der Waals surface area contributed by atoms with Crippen molar-refractivity contribution in [1.29, 1.82) is 0 Å². The second-order valence-corrected chi connectivity index (χ2v) is 6.72. The van der Waals surface area contributed by atoms with E-state index in [-0.39, 0.29) is 0 Å². The second kappa shape index (κ2) is 8.46. The van der Waals surface area contributed by atoms with Gasteiger partial charge in [-0.2, -0.15) is 0 Å². The first-order chi connectivity index (χ1) is 11.3. The van der Waals surface area contributed by atoms with E-state index in [2.05, 4.69) is 21.9 Å². The van der Waals surface area contributed by atoms with Crippen molar-refractivity contribution in [2.75, 3.05) is 45.9 Å². The van der Waals surface area contributed by atoms with Crippen LogP contribution in [0.2, 0.25) is 0 Å². The van der Waals surface area contributed by atoms with Crippen molar-refractivity contribution in [3.8, 4) is 0 Å². The Morgan fingerprint density at radius 1 is 1.04 bits per heavy atom. The first-order valence-corrected chi connectivity index (χ1v) is 8.93. The zero-order valence-electron chi connectivity index (χ0n) is 14.0. The van der Waals surface area contributed by atoms with E-state index in [1.807, 2.05) is 18.2 Å². The van der Waals surface area contributed by atoms with Gasteiger partial charge in [-0.15, -0.1) is 0 Å². The first kappa shape index (κ1) is 16.5. The number of amides is 1. The normalized spacial score (nSPS) is 20.6. The molecule has 3 rings (SSSR count). The average molecular weight is 316 g/mol. The molecule has 4 heteroatoms. The minimum absolute atomic E-state index is 0.318. The first-order valence-electron chi connectivity index (χ1n) is 8.93. The number of aryl methyl sites for hydroxylation is 1. The standard InChI is InChI=1S/C19H28N2O2/c22-19(7-6-17-4-2-1-3-5-17)21-10-8-18(9-11-21)16-20-12-14-23-15-13-20/h1-5,18H,6-16H2. The number of nitrogens with zero attached hydrogens (tertiary/aromatic N) is 2. The van der Waals surface area contributed by atoms with E-state index in [0.29, 0.717) is 12.3 Å². The van der Waals surface area contributed by atoms with Gasteiger partial charge in [0.1, 0.15) is 0 Å². The number of morpholine rings is 1. The summed E-state index contributed by atoms with van der Waals surface area (Å²) in [6.07, 6.45) is 3.79. The van der Waals surface area contributed by atoms with E-state index >= 15 is 0 Å². The second-order valence-electron chi connectivity index (χ2n) is 6.72. The van der Waals surface area contributed by atoms with Gasteiger partial charge in [0.2, 0.25) is 5.91 Å². The summed E-state index contributed by atoms with van der Waals surface area (Å²) in [6, 6.07) is 10.3. The summed E-state index contributed by atoms with van der Waals surface area (Å²) >= 11 is 0. The van der Waals surface area contributed by atoms with E-state index in [4.69, 9.17) is 4.74 Å². The van der Waals surface area contributed by atoms with Crippen LogP contribution < -0.4 is 0 Å². The van der Waals surface area contributed by atoms with Gasteiger partial charge in [-0.25, -0.2) is 0 Å². The highest BCUT2D eigenvalue weighted by atomic mass is 16.5. The summed E-state index contributed by atoms with van der Waals surface area (Å²) < 4.78 is 5.41. The van der Waals surface area contributed by atoms with Crippen molar-refractivity contribution < 1.29 is 9.53 Å². The maximum absolute atomic E-state index is 12.4. The fourth-order valence-electron chi connectivity index (χ4n) is 3.57. The quantitative estimate of drug-likeness (QED) is 0.835. The number of hydrogen-bond acceptors (Lipinski definition) is 3. The smallest absolute Gasteiger partial charge is 0.222 e. The van der Waals surface area contributed by atoms with Gasteiger partial charge in [0.25, 0.3) is 0 Å². The van der Waals surface area contributed by atoms with Gasteiger partial charge in [0.15, 0.2) is 0 Å². The van der Waals surface area contributed by atoms with Crippen molar-refractivity contribution in [3.63, 3.8) is 0 Å². The molecule has 0 radical (unpaired) electrons. The monoisotopic (exact) mass is 316 g/mol. The molecule has 2 aliphatic heterocycles. The van der Waals surface area contributed by atoms with Crippen LogP contribution >= 0.6 is 0 Å². The number of hydrogen-bond donors (Lipinski definition) is 0. The van der Waals surface area contributed by atoms with E-state index in [0.717, 1.165) is 64.6 Å². The molecule has 2 fully saturated rings. The molecule has 0 N–H and O–H groups in total. The summed E-state index contributed by atoms with van der Waals surface area (Å²) in [7, 11) is 0. The minimum atomic E-state index is 0.318. The molecule has 1 amide bonds. The molecule has 0 unspecified atom stereocenters. The Labute approximate surface area is 139 Å². The van der Waals surface area contributed by atoms with Crippen LogP contribution in [0.1, 0.15) is 24.8 Å². The topological polar surface area (TPSA) is 32.8 Å². The number of carbonyl (C=O) groups excluding carboxylic acids is 1. The number of carbonyl (C=O) groups is 1. The van der Waals surface area contributed by atoms with E-state index in [1.165, 1.54) is 12.1 Å². The molecule has 23 heavy (non-hydrogen) atoms. The van der Waals surface area contributed by atoms with Crippen molar-refractivity contribution in [3.05, 3.63) is 35.9 Å². The molecule has 126 valence electrons. The highest BCUT2D eigenvalue weighted by molar-refractivity contribution is 5.76. The molecule has 0 spiro atoms. The van der Waals surface area contributed by atoms with E-state index < -0.39 is 0 Å². The number of ether oxygens (including phenoxy) is 1. The lowest BCUT2D eigenvalue weighted by molar-refractivity contribution is -0.132. The van der Waals surface area contributed by atoms with Crippen LogP contribution in [0.15, 0.2) is 30.3 Å². The molecular formula is C19H28N2O2. The summed E-state index contributed by atoms with van der Waals surface area (Å²) in [5, 5.41) is 0. The van der Waals surface area contributed by atoms with Gasteiger partial charge < -0.3 is 9.64 Å². The Bertz CT molecular complexity index is 477. The molecule has 2 saturated heterocycles. The van der Waals surface area contributed by atoms with Crippen LogP contribution in [0, 0.1) is 5.92 Å². The lowest BCUT2D eigenvalue weighted by Gasteiger charge is -2.36. The highest BCUT2D eigenvalue weighted by Gasteiger charge is 2.24. The number of rotatable bonds is 5. The molecule has 2 heterocycles. The number of likely N-dealkylation sites (tertiary alicyclic amines) is 1. The van der Waals surface area contributed by atoms with Crippen LogP contribution in [0.4, 0.5) is 0 Å². The van der Waals surface area contributed by atoms with E-state index in [1.54, 1.807) is 0 Å². The zero-order valence-corrected chi connectivity index (χ0v) is 14.0. The number of benzene rings is 1. The third kappa shape index (κ3) is 5.05. The Balaban J connectivity index is 1.37. The van der Waals surface area contributed by atoms with Crippen LogP contribution in [-0.4, -0.2) is 61.6 Å². The Morgan fingerprint density at radius 3 is 2.43 bits per heavy atom. The Kier molecular flexibility index (Phi) is 6.06. The van der Waals surface area contributed by atoms with Crippen molar-refractivity contribution in [1.82, 2.24) is 9.80 Å². The maximum Gasteiger partial charge on any atom is 0.222 e. The summed E-state index contributed by atoms with van der Waals surface area (Å²) in [5.41, 5.74) is 1.25. The third-order valence-corrected chi connectivity index (χ3v) is 5.06. The van der Waals surface area contributed by atoms with Crippen LogP contribution in [-0.2, 0) is 16.0 Å². The minimum Gasteiger partial charge on any atom is -0.379 e. The lowest BCUT2D eigenvalue weighted by Crippen LogP contribution is -2.44. The fourth-order valence-corrected chi connectivity index (χ4v) is 3.57. The van der Waals surface area contributed by atoms with Crippen molar-refractivity contribution in [2.45, 2.75) is 25.7 Å². The average Bonchev–Trinajstić information content (AvgIpc) is 2.62. The summed E-state index contributed by atoms with van der Waals surface area (Å²) in [5.74, 6) is 1.06. The Hall–Kier alpha value is -1.39. The summed E-state index contributed by atoms with van der Waals surface area (Å²) in [4.78, 5) is 17.0. The molecular weight excluding hydrogens is 288 g/mol. The third-order valence-electron chi connectivity index (χ3n) is 5.06. The predicted octanol–water partition coefficient (Wildman–Crippen LogP) is 2.19. The molecule has 0 aromatic heterocycles. The molecule has 0 bridgehead atoms. The summed E-state index contributed by atoms with van der Waals surface area (Å²) in [6.45, 7) is 6.92. The van der Waals surface area contributed by atoms with Crippen LogP contribution in [0.3, 0.4) is 0 Å². The maximum atomic E-state index is 12.4. The van der Waals surface area contributed by atoms with Gasteiger partial charge in [-0.3, -0.25) is 9.69 Å². The predicted molar refractivity (Wildman–Crippen MR) is 91.3 cm³/mol. The molecule has 4 nitrogen and oxygen atoms in total. The SMILES string of the molecule is O=C(CCc1ccccc1)N1CCC(CN2CCOCC2)CC1. The number of piperidine rings is 1. The van der Waals surface area contributed by atoms with E-state index in [9.17, 15) is 4.79 Å². The van der Waals surface area contributed by atoms with Crippen LogP contribution in [0.25, 0.3) is 0 Å². The van der Waals surface area contributed by atoms with Gasteiger partial charge in [-0.05, 0) is 30.7 Å². The Morgan fingerprint density at radius 2 is 1.74 bits per heavy atom. The highest BCUT2D eigenvalue weighted by Crippen LogP contribution is 2.20. The van der Waals surface area contributed by atoms with Crippen LogP contribution in [0.5, 0.6) is 0 Å². The van der Waals surface area contributed by atoms with Crippen molar-refractivity contribution >= 4 is 5.91 Å². The molecule has 0 aliphatic carbocycles. The molecule has 1 aromatic carbocycles. The largest absolute Gasteiger partial charge is 0.379 e. The molecule has 0 saturated carbocycles. The zero-order chi connectivity index (χ0) is 15.9. The lowest BCUT2D eigenvalue weighted by atomic mass is 9.95. The molecule has 0 atom stereocenters. The molecule has 1 aromatic rings. The molecule has 2 aliphatic rings. The van der Waals surface area contributed by atoms with Gasteiger partial charge in [0, 0.05) is 39.1 Å². The fraction of sp³-hybridized carbons (Fsp3) is 0.632. The van der Waals surface area contributed by atoms with Crippen molar-refractivity contribution in [2.24, 2.45) is 5.92 Å². The van der Waals surface area contributed by atoms with Gasteiger partial charge >= 0.3 is 0 Å². The van der Waals surface area contributed by atoms with Gasteiger partial charge in [-0.1, -0.05) is 30.3 Å².